The van der Waals surface area contributed by atoms with Crippen LogP contribution in [-0.2, 0) is 11.2 Å². The highest BCUT2D eigenvalue weighted by Gasteiger charge is 2.08. The van der Waals surface area contributed by atoms with Crippen LogP contribution in [0, 0.1) is 20.8 Å². The maximum Gasteiger partial charge on any atom is 0.307 e. The van der Waals surface area contributed by atoms with Gasteiger partial charge in [-0.3, -0.25) is 4.79 Å². The van der Waals surface area contributed by atoms with Gasteiger partial charge in [0.2, 0.25) is 0 Å². The quantitative estimate of drug-likeness (QED) is 0.735. The van der Waals surface area contributed by atoms with Gasteiger partial charge in [-0.15, -0.1) is 0 Å². The van der Waals surface area contributed by atoms with Crippen molar-refractivity contribution in [2.24, 2.45) is 0 Å². The van der Waals surface area contributed by atoms with E-state index < -0.39 is 5.97 Å². The Balaban J connectivity index is 0.00000134. The molecule has 0 spiro atoms. The Kier molecular flexibility index (Phi) is 10.0. The highest BCUT2D eigenvalue weighted by atomic mass is 16.5. The maximum absolute atomic E-state index is 10.7. The van der Waals surface area contributed by atoms with E-state index in [4.69, 9.17) is 9.84 Å². The molecule has 2 aromatic carbocycles. The lowest BCUT2D eigenvalue weighted by molar-refractivity contribution is -0.136. The van der Waals surface area contributed by atoms with Crippen LogP contribution in [0.15, 0.2) is 30.3 Å². The number of ether oxygens (including phenoxy) is 1. The first-order valence-corrected chi connectivity index (χ1v) is 8.66. The van der Waals surface area contributed by atoms with Gasteiger partial charge in [-0.2, -0.15) is 0 Å². The number of phenols is 1. The van der Waals surface area contributed by atoms with E-state index in [1.807, 2.05) is 54.5 Å². The van der Waals surface area contributed by atoms with Crippen LogP contribution >= 0.6 is 0 Å². The molecule has 0 bridgehead atoms. The van der Waals surface area contributed by atoms with E-state index in [1.165, 1.54) is 0 Å². The fourth-order valence-electron chi connectivity index (χ4n) is 2.21. The van der Waals surface area contributed by atoms with Crippen LogP contribution in [-0.4, -0.2) is 16.2 Å². The number of carboxylic acids is 1. The molecule has 0 fully saturated rings. The number of hydrogen-bond donors (Lipinski definition) is 2. The Hall–Kier alpha value is -2.49. The number of carboxylic acid groups (broad SMARTS) is 1. The molecule has 0 aliphatic carbocycles. The molecule has 0 unspecified atom stereocenters. The molecule has 0 radical (unpaired) electrons. The second-order valence-corrected chi connectivity index (χ2v) is 5.18. The molecular formula is C21H30O4. The van der Waals surface area contributed by atoms with E-state index in [1.54, 1.807) is 24.3 Å². The number of aliphatic carboxylic acids is 1. The van der Waals surface area contributed by atoms with Gasteiger partial charge in [0, 0.05) is 0 Å². The molecule has 0 aliphatic rings. The van der Waals surface area contributed by atoms with Crippen molar-refractivity contribution in [3.63, 3.8) is 0 Å². The number of phenolic OH excluding ortho intramolecular Hbond substituents is 1. The third-order valence-electron chi connectivity index (χ3n) is 3.29. The van der Waals surface area contributed by atoms with Gasteiger partial charge < -0.3 is 14.9 Å². The van der Waals surface area contributed by atoms with Crippen LogP contribution in [0.25, 0.3) is 0 Å². The molecule has 0 atom stereocenters. The Labute approximate surface area is 151 Å². The molecule has 25 heavy (non-hydrogen) atoms. The molecular weight excluding hydrogens is 316 g/mol. The summed E-state index contributed by atoms with van der Waals surface area (Å²) >= 11 is 0. The summed E-state index contributed by atoms with van der Waals surface area (Å²) in [5, 5.41) is 18.6. The SMILES string of the molecule is CC.CC.Cc1cc(CC(=O)O)ccc1Oc1cc(C)c(O)c(C)c1. The summed E-state index contributed by atoms with van der Waals surface area (Å²) in [7, 11) is 0. The second-order valence-electron chi connectivity index (χ2n) is 5.18. The smallest absolute Gasteiger partial charge is 0.307 e. The zero-order valence-electron chi connectivity index (χ0n) is 16.3. The molecule has 0 heterocycles. The van der Waals surface area contributed by atoms with Gasteiger partial charge in [-0.1, -0.05) is 39.8 Å². The monoisotopic (exact) mass is 346 g/mol. The van der Waals surface area contributed by atoms with Crippen molar-refractivity contribution in [2.75, 3.05) is 0 Å². The number of rotatable bonds is 4. The second kappa shape index (κ2) is 11.1. The van der Waals surface area contributed by atoms with Crippen LogP contribution in [0.2, 0.25) is 0 Å². The molecule has 4 nitrogen and oxygen atoms in total. The summed E-state index contributed by atoms with van der Waals surface area (Å²) < 4.78 is 5.83. The topological polar surface area (TPSA) is 66.8 Å². The first-order chi connectivity index (χ1) is 11.9. The van der Waals surface area contributed by atoms with Gasteiger partial charge in [0.25, 0.3) is 0 Å². The molecule has 0 aliphatic heterocycles. The molecule has 0 saturated carbocycles. The van der Waals surface area contributed by atoms with Crippen molar-refractivity contribution in [1.29, 1.82) is 0 Å². The Morgan fingerprint density at radius 1 is 0.920 bits per heavy atom. The fourth-order valence-corrected chi connectivity index (χ4v) is 2.21. The van der Waals surface area contributed by atoms with Gasteiger partial charge in [0.1, 0.15) is 17.2 Å². The van der Waals surface area contributed by atoms with Crippen molar-refractivity contribution < 1.29 is 19.7 Å². The molecule has 2 rings (SSSR count). The minimum absolute atomic E-state index is 0.00144. The molecule has 4 heteroatoms. The van der Waals surface area contributed by atoms with Gasteiger partial charge in [-0.25, -0.2) is 0 Å². The van der Waals surface area contributed by atoms with Gasteiger partial charge in [-0.05, 0) is 61.2 Å². The molecule has 0 saturated heterocycles. The molecule has 0 aromatic heterocycles. The van der Waals surface area contributed by atoms with E-state index in [0.717, 1.165) is 22.3 Å². The summed E-state index contributed by atoms with van der Waals surface area (Å²) in [5.74, 6) is 0.745. The molecule has 2 aromatic rings. The van der Waals surface area contributed by atoms with Crippen LogP contribution in [0.5, 0.6) is 17.2 Å². The summed E-state index contributed by atoms with van der Waals surface area (Å²) in [6, 6.07) is 8.87. The summed E-state index contributed by atoms with van der Waals surface area (Å²) in [4.78, 5) is 10.7. The fraction of sp³-hybridized carbons (Fsp3) is 0.381. The largest absolute Gasteiger partial charge is 0.507 e. The first-order valence-electron chi connectivity index (χ1n) is 8.66. The van der Waals surface area contributed by atoms with Crippen LogP contribution in [0.3, 0.4) is 0 Å². The van der Waals surface area contributed by atoms with Crippen LogP contribution in [0.4, 0.5) is 0 Å². The predicted octanol–water partition coefficient (Wildman–Crippen LogP) is 5.79. The lowest BCUT2D eigenvalue weighted by Crippen LogP contribution is -2.00. The lowest BCUT2D eigenvalue weighted by Gasteiger charge is -2.12. The number of hydrogen-bond acceptors (Lipinski definition) is 3. The Morgan fingerprint density at radius 2 is 1.44 bits per heavy atom. The Bertz CT molecular complexity index is 667. The number of benzene rings is 2. The zero-order valence-corrected chi connectivity index (χ0v) is 16.3. The lowest BCUT2D eigenvalue weighted by atomic mass is 10.1. The average molecular weight is 346 g/mol. The zero-order chi connectivity index (χ0) is 19.6. The van der Waals surface area contributed by atoms with E-state index >= 15 is 0 Å². The van der Waals surface area contributed by atoms with Crippen molar-refractivity contribution in [2.45, 2.75) is 54.9 Å². The number of carbonyl (C=O) groups is 1. The van der Waals surface area contributed by atoms with E-state index in [0.29, 0.717) is 11.5 Å². The van der Waals surface area contributed by atoms with Gasteiger partial charge in [0.05, 0.1) is 6.42 Å². The maximum atomic E-state index is 10.7. The van der Waals surface area contributed by atoms with E-state index in [2.05, 4.69) is 0 Å². The predicted molar refractivity (Wildman–Crippen MR) is 103 cm³/mol. The number of aryl methyl sites for hydroxylation is 3. The first kappa shape index (κ1) is 22.5. The average Bonchev–Trinajstić information content (AvgIpc) is 2.58. The minimum Gasteiger partial charge on any atom is -0.507 e. The van der Waals surface area contributed by atoms with Crippen molar-refractivity contribution in [3.05, 3.63) is 52.6 Å². The van der Waals surface area contributed by atoms with Crippen molar-refractivity contribution >= 4 is 5.97 Å². The van der Waals surface area contributed by atoms with Crippen LogP contribution < -0.4 is 4.74 Å². The van der Waals surface area contributed by atoms with E-state index in [9.17, 15) is 9.90 Å². The number of aromatic hydroxyl groups is 1. The normalized spacial score (nSPS) is 9.24. The molecule has 2 N–H and O–H groups in total. The standard InChI is InChI=1S/C17H18O4.2C2H6/c1-10-6-13(9-16(18)19)4-5-15(10)21-14-7-11(2)17(20)12(3)8-14;2*1-2/h4-8,20H,9H2,1-3H3,(H,18,19);2*1-2H3. The third-order valence-corrected chi connectivity index (χ3v) is 3.29. The van der Waals surface area contributed by atoms with Gasteiger partial charge >= 0.3 is 5.97 Å². The van der Waals surface area contributed by atoms with Crippen molar-refractivity contribution in [3.8, 4) is 17.2 Å². The summed E-state index contributed by atoms with van der Waals surface area (Å²) in [6.07, 6.45) is -0.00144. The Morgan fingerprint density at radius 3 is 1.88 bits per heavy atom. The highest BCUT2D eigenvalue weighted by molar-refractivity contribution is 5.70. The minimum atomic E-state index is -0.854. The van der Waals surface area contributed by atoms with Gasteiger partial charge in [0.15, 0.2) is 0 Å². The summed E-state index contributed by atoms with van der Waals surface area (Å²) in [5.41, 5.74) is 3.12. The molecule has 0 amide bonds. The van der Waals surface area contributed by atoms with Crippen LogP contribution in [0.1, 0.15) is 49.9 Å². The molecule has 138 valence electrons. The highest BCUT2D eigenvalue weighted by Crippen LogP contribution is 2.31. The van der Waals surface area contributed by atoms with E-state index in [-0.39, 0.29) is 12.2 Å². The third kappa shape index (κ3) is 6.87. The summed E-state index contributed by atoms with van der Waals surface area (Å²) in [6.45, 7) is 13.5. The van der Waals surface area contributed by atoms with Crippen molar-refractivity contribution in [1.82, 2.24) is 0 Å².